The number of hydrogen-bond donors (Lipinski definition) is 1. The van der Waals surface area contributed by atoms with Gasteiger partial charge >= 0.3 is 0 Å². The molecule has 3 aromatic rings. The summed E-state index contributed by atoms with van der Waals surface area (Å²) in [6, 6.07) is 6.95. The number of ether oxygens (including phenoxy) is 3. The van der Waals surface area contributed by atoms with Gasteiger partial charge in [-0.15, -0.1) is 0 Å². The molecule has 0 aliphatic carbocycles. The fourth-order valence-corrected chi connectivity index (χ4v) is 3.82. The van der Waals surface area contributed by atoms with E-state index in [0.29, 0.717) is 33.7 Å². The zero-order valence-electron chi connectivity index (χ0n) is 16.3. The molecule has 1 fully saturated rings. The molecule has 1 saturated heterocycles. The number of carbonyl (C=O) groups excluding carboxylic acids is 1. The zero-order valence-corrected chi connectivity index (χ0v) is 17.0. The molecule has 1 aliphatic heterocycles. The van der Waals surface area contributed by atoms with Crippen LogP contribution < -0.4 is 14.8 Å². The van der Waals surface area contributed by atoms with Crippen LogP contribution in [-0.4, -0.2) is 42.7 Å². The lowest BCUT2D eigenvalue weighted by molar-refractivity contribution is 0.0846. The number of halogens is 1. The first-order valence-corrected chi connectivity index (χ1v) is 9.76. The molecule has 0 atom stereocenters. The van der Waals surface area contributed by atoms with E-state index in [4.69, 9.17) is 30.8 Å². The third kappa shape index (κ3) is 3.88. The predicted molar refractivity (Wildman–Crippen MR) is 110 cm³/mol. The molecule has 1 N–H and O–H groups in total. The Kier molecular flexibility index (Phi) is 5.60. The van der Waals surface area contributed by atoms with Gasteiger partial charge in [0, 0.05) is 37.6 Å². The fourth-order valence-electron chi connectivity index (χ4n) is 3.57. The summed E-state index contributed by atoms with van der Waals surface area (Å²) < 4.78 is 18.1. The SMILES string of the molecule is COc1cc2nc(C3CCOCC3)cn2cc1C(=O)Nc1cccc(Cl)c1OC. The lowest BCUT2D eigenvalue weighted by atomic mass is 9.97. The third-order valence-corrected chi connectivity index (χ3v) is 5.39. The van der Waals surface area contributed by atoms with Gasteiger partial charge in [-0.3, -0.25) is 4.79 Å². The summed E-state index contributed by atoms with van der Waals surface area (Å²) in [4.78, 5) is 17.7. The van der Waals surface area contributed by atoms with E-state index >= 15 is 0 Å². The summed E-state index contributed by atoms with van der Waals surface area (Å²) in [6.45, 7) is 1.49. The number of methoxy groups -OCH3 is 2. The van der Waals surface area contributed by atoms with Crippen molar-refractivity contribution in [1.29, 1.82) is 0 Å². The quantitative estimate of drug-likeness (QED) is 0.677. The van der Waals surface area contributed by atoms with Crippen LogP contribution in [0, 0.1) is 0 Å². The highest BCUT2D eigenvalue weighted by molar-refractivity contribution is 6.32. The van der Waals surface area contributed by atoms with Gasteiger partial charge in [-0.25, -0.2) is 4.98 Å². The van der Waals surface area contributed by atoms with E-state index in [1.54, 1.807) is 30.5 Å². The van der Waals surface area contributed by atoms with Gasteiger partial charge < -0.3 is 23.9 Å². The molecule has 152 valence electrons. The molecule has 0 unspecified atom stereocenters. The summed E-state index contributed by atoms with van der Waals surface area (Å²) in [5, 5.41) is 3.27. The first-order valence-electron chi connectivity index (χ1n) is 9.39. The lowest BCUT2D eigenvalue weighted by Gasteiger charge is -2.19. The third-order valence-electron chi connectivity index (χ3n) is 5.10. The minimum Gasteiger partial charge on any atom is -0.496 e. The van der Waals surface area contributed by atoms with Crippen LogP contribution >= 0.6 is 11.6 Å². The lowest BCUT2D eigenvalue weighted by Crippen LogP contribution is -2.15. The number of carbonyl (C=O) groups is 1. The van der Waals surface area contributed by atoms with Gasteiger partial charge in [-0.1, -0.05) is 17.7 Å². The van der Waals surface area contributed by atoms with E-state index in [1.165, 1.54) is 14.2 Å². The zero-order chi connectivity index (χ0) is 20.4. The van der Waals surface area contributed by atoms with Crippen LogP contribution in [-0.2, 0) is 4.74 Å². The van der Waals surface area contributed by atoms with Crippen molar-refractivity contribution in [3.8, 4) is 11.5 Å². The molecule has 4 rings (SSSR count). The Morgan fingerprint density at radius 3 is 2.76 bits per heavy atom. The number of fused-ring (bicyclic) bond motifs is 1. The molecular weight excluding hydrogens is 394 g/mol. The van der Waals surface area contributed by atoms with Gasteiger partial charge in [-0.2, -0.15) is 0 Å². The Labute approximate surface area is 173 Å². The van der Waals surface area contributed by atoms with E-state index in [0.717, 1.165) is 37.4 Å². The topological polar surface area (TPSA) is 74.1 Å². The van der Waals surface area contributed by atoms with Crippen molar-refractivity contribution in [1.82, 2.24) is 9.38 Å². The van der Waals surface area contributed by atoms with E-state index in [-0.39, 0.29) is 5.91 Å². The number of aromatic nitrogens is 2. The van der Waals surface area contributed by atoms with Crippen LogP contribution in [0.25, 0.3) is 5.65 Å². The van der Waals surface area contributed by atoms with E-state index < -0.39 is 0 Å². The first-order chi connectivity index (χ1) is 14.1. The molecule has 2 aromatic heterocycles. The Hall–Kier alpha value is -2.77. The van der Waals surface area contributed by atoms with E-state index in [9.17, 15) is 4.79 Å². The molecule has 29 heavy (non-hydrogen) atoms. The summed E-state index contributed by atoms with van der Waals surface area (Å²) in [6.07, 6.45) is 5.60. The number of pyridine rings is 1. The second kappa shape index (κ2) is 8.31. The van der Waals surface area contributed by atoms with Crippen molar-refractivity contribution < 1.29 is 19.0 Å². The average molecular weight is 416 g/mol. The maximum Gasteiger partial charge on any atom is 0.261 e. The maximum atomic E-state index is 13.0. The molecule has 1 amide bonds. The maximum absolute atomic E-state index is 13.0. The van der Waals surface area contributed by atoms with E-state index in [2.05, 4.69) is 5.32 Å². The van der Waals surface area contributed by atoms with Crippen molar-refractivity contribution in [2.45, 2.75) is 18.8 Å². The monoisotopic (exact) mass is 415 g/mol. The number of benzene rings is 1. The molecule has 8 heteroatoms. The van der Waals surface area contributed by atoms with Crippen molar-refractivity contribution in [3.63, 3.8) is 0 Å². The van der Waals surface area contributed by atoms with Crippen LogP contribution in [0.5, 0.6) is 11.5 Å². The van der Waals surface area contributed by atoms with Gasteiger partial charge in [0.25, 0.3) is 5.91 Å². The summed E-state index contributed by atoms with van der Waals surface area (Å²) in [7, 11) is 3.04. The Balaban J connectivity index is 1.67. The largest absolute Gasteiger partial charge is 0.496 e. The smallest absolute Gasteiger partial charge is 0.261 e. The van der Waals surface area contributed by atoms with Crippen LogP contribution in [0.4, 0.5) is 5.69 Å². The number of rotatable bonds is 5. The summed E-state index contributed by atoms with van der Waals surface area (Å²) >= 11 is 6.15. The summed E-state index contributed by atoms with van der Waals surface area (Å²) in [5.74, 6) is 0.889. The molecule has 0 bridgehead atoms. The normalized spacial score (nSPS) is 14.7. The Bertz CT molecular complexity index is 1040. The molecule has 7 nitrogen and oxygen atoms in total. The van der Waals surface area contributed by atoms with E-state index in [1.807, 2.05) is 10.6 Å². The number of anilines is 1. The predicted octanol–water partition coefficient (Wildman–Crippen LogP) is 4.15. The number of nitrogens with zero attached hydrogens (tertiary/aromatic N) is 2. The number of amides is 1. The molecule has 0 radical (unpaired) electrons. The van der Waals surface area contributed by atoms with Crippen LogP contribution in [0.2, 0.25) is 5.02 Å². The van der Waals surface area contributed by atoms with Crippen LogP contribution in [0.1, 0.15) is 34.8 Å². The highest BCUT2D eigenvalue weighted by Gasteiger charge is 2.21. The standard InChI is InChI=1S/C21H22ClN3O4/c1-27-18-10-19-23-17(13-6-8-29-9-7-13)12-25(19)11-14(18)21(26)24-16-5-3-4-15(22)20(16)28-2/h3-5,10-13H,6-9H2,1-2H3,(H,24,26). The fraction of sp³-hybridized carbons (Fsp3) is 0.333. The summed E-state index contributed by atoms with van der Waals surface area (Å²) in [5.41, 5.74) is 2.61. The first kappa shape index (κ1) is 19.5. The van der Waals surface area contributed by atoms with Crippen molar-refractivity contribution in [2.24, 2.45) is 0 Å². The molecule has 3 heterocycles. The van der Waals surface area contributed by atoms with Crippen molar-refractivity contribution in [3.05, 3.63) is 52.9 Å². The van der Waals surface area contributed by atoms with Crippen LogP contribution in [0.3, 0.4) is 0 Å². The van der Waals surface area contributed by atoms with Gasteiger partial charge in [0.05, 0.1) is 36.2 Å². The molecule has 0 spiro atoms. The number of nitrogens with one attached hydrogen (secondary N) is 1. The number of para-hydroxylation sites is 1. The second-order valence-corrected chi connectivity index (χ2v) is 7.26. The van der Waals surface area contributed by atoms with Crippen LogP contribution in [0.15, 0.2) is 36.7 Å². The Morgan fingerprint density at radius 2 is 2.03 bits per heavy atom. The van der Waals surface area contributed by atoms with Gasteiger partial charge in [0.2, 0.25) is 0 Å². The highest BCUT2D eigenvalue weighted by Crippen LogP contribution is 2.33. The Morgan fingerprint density at radius 1 is 1.24 bits per heavy atom. The van der Waals surface area contributed by atoms with Crippen molar-refractivity contribution in [2.75, 3.05) is 32.8 Å². The van der Waals surface area contributed by atoms with Gasteiger partial charge in [-0.05, 0) is 25.0 Å². The molecule has 1 aromatic carbocycles. The number of imidazole rings is 1. The molecular formula is C21H22ClN3O4. The minimum absolute atomic E-state index is 0.328. The highest BCUT2D eigenvalue weighted by atomic mass is 35.5. The molecule has 0 saturated carbocycles. The van der Waals surface area contributed by atoms with Crippen molar-refractivity contribution >= 4 is 28.8 Å². The molecule has 1 aliphatic rings. The minimum atomic E-state index is -0.328. The average Bonchev–Trinajstić information content (AvgIpc) is 3.16. The van der Waals surface area contributed by atoms with Gasteiger partial charge in [0.1, 0.15) is 11.4 Å². The van der Waals surface area contributed by atoms with Gasteiger partial charge in [0.15, 0.2) is 5.75 Å². The number of hydrogen-bond acceptors (Lipinski definition) is 5. The second-order valence-electron chi connectivity index (χ2n) is 6.85.